The fourth-order valence-electron chi connectivity index (χ4n) is 1.94. The lowest BCUT2D eigenvalue weighted by molar-refractivity contribution is 0.0982. The number of halogens is 1. The molecule has 0 atom stereocenters. The van der Waals surface area contributed by atoms with Crippen molar-refractivity contribution in [1.29, 1.82) is 0 Å². The maximum atomic E-state index is 13.1. The highest BCUT2D eigenvalue weighted by atomic mass is 32.1. The van der Waals surface area contributed by atoms with E-state index in [2.05, 4.69) is 13.8 Å². The van der Waals surface area contributed by atoms with Crippen molar-refractivity contribution in [2.75, 3.05) is 0 Å². The summed E-state index contributed by atoms with van der Waals surface area (Å²) < 4.78 is 13.9. The van der Waals surface area contributed by atoms with Crippen molar-refractivity contribution in [3.63, 3.8) is 0 Å². The van der Waals surface area contributed by atoms with Gasteiger partial charge in [0.2, 0.25) is 0 Å². The molecule has 2 rings (SSSR count). The highest BCUT2D eigenvalue weighted by Crippen LogP contribution is 2.27. The Balaban J connectivity index is 2.08. The molecule has 0 saturated carbocycles. The van der Waals surface area contributed by atoms with E-state index in [0.29, 0.717) is 12.3 Å². The molecule has 1 aromatic heterocycles. The van der Waals surface area contributed by atoms with Crippen LogP contribution in [0.4, 0.5) is 4.39 Å². The highest BCUT2D eigenvalue weighted by Gasteiger charge is 2.10. The first-order chi connectivity index (χ1) is 8.56. The maximum absolute atomic E-state index is 13.1. The van der Waals surface area contributed by atoms with Gasteiger partial charge in [0.25, 0.3) is 0 Å². The van der Waals surface area contributed by atoms with Crippen molar-refractivity contribution >= 4 is 27.2 Å². The van der Waals surface area contributed by atoms with Crippen LogP contribution in [-0.2, 0) is 0 Å². The van der Waals surface area contributed by atoms with Crippen molar-refractivity contribution < 1.29 is 9.18 Å². The summed E-state index contributed by atoms with van der Waals surface area (Å²) in [5.74, 6) is 0.565. The molecule has 96 valence electrons. The van der Waals surface area contributed by atoms with E-state index in [-0.39, 0.29) is 11.6 Å². The topological polar surface area (TPSA) is 17.1 Å². The zero-order chi connectivity index (χ0) is 13.1. The standard InChI is InChI=1S/C15H17FOS/c1-10(2)4-3-5-13(17)15-8-11-6-7-12(16)9-14(11)18-15/h6-10H,3-5H2,1-2H3. The van der Waals surface area contributed by atoms with Crippen LogP contribution in [0.1, 0.15) is 42.8 Å². The largest absolute Gasteiger partial charge is 0.293 e. The zero-order valence-electron chi connectivity index (χ0n) is 10.7. The van der Waals surface area contributed by atoms with E-state index in [4.69, 9.17) is 0 Å². The summed E-state index contributed by atoms with van der Waals surface area (Å²) in [6.07, 6.45) is 2.60. The number of benzene rings is 1. The van der Waals surface area contributed by atoms with E-state index < -0.39 is 0 Å². The number of fused-ring (bicyclic) bond motifs is 1. The molecule has 0 aliphatic carbocycles. The summed E-state index contributed by atoms with van der Waals surface area (Å²) in [4.78, 5) is 12.7. The lowest BCUT2D eigenvalue weighted by Crippen LogP contribution is -1.97. The Labute approximate surface area is 111 Å². The zero-order valence-corrected chi connectivity index (χ0v) is 11.5. The molecule has 1 heterocycles. The van der Waals surface area contributed by atoms with Crippen LogP contribution in [0.5, 0.6) is 0 Å². The van der Waals surface area contributed by atoms with Gasteiger partial charge in [-0.15, -0.1) is 11.3 Å². The Kier molecular flexibility index (Phi) is 4.12. The summed E-state index contributed by atoms with van der Waals surface area (Å²) in [7, 11) is 0. The van der Waals surface area contributed by atoms with Crippen LogP contribution >= 0.6 is 11.3 Å². The fourth-order valence-corrected chi connectivity index (χ4v) is 2.99. The second kappa shape index (κ2) is 5.61. The number of hydrogen-bond donors (Lipinski definition) is 0. The van der Waals surface area contributed by atoms with E-state index >= 15 is 0 Å². The molecule has 0 fully saturated rings. The van der Waals surface area contributed by atoms with Gasteiger partial charge in [-0.3, -0.25) is 4.79 Å². The number of carbonyl (C=O) groups is 1. The second-order valence-corrected chi connectivity index (χ2v) is 6.09. The Morgan fingerprint density at radius 1 is 1.33 bits per heavy atom. The number of thiophene rings is 1. The quantitative estimate of drug-likeness (QED) is 0.691. The van der Waals surface area contributed by atoms with E-state index in [9.17, 15) is 9.18 Å². The van der Waals surface area contributed by atoms with Gasteiger partial charge in [-0.2, -0.15) is 0 Å². The molecule has 18 heavy (non-hydrogen) atoms. The van der Waals surface area contributed by atoms with Crippen molar-refractivity contribution in [2.24, 2.45) is 5.92 Å². The van der Waals surface area contributed by atoms with Crippen LogP contribution in [0.25, 0.3) is 10.1 Å². The molecule has 0 N–H and O–H groups in total. The Morgan fingerprint density at radius 2 is 2.11 bits per heavy atom. The monoisotopic (exact) mass is 264 g/mol. The summed E-state index contributed by atoms with van der Waals surface area (Å²) in [6.45, 7) is 4.32. The molecule has 2 aromatic rings. The van der Waals surface area contributed by atoms with E-state index in [1.54, 1.807) is 6.07 Å². The third-order valence-corrected chi connectivity index (χ3v) is 4.08. The molecule has 0 bridgehead atoms. The van der Waals surface area contributed by atoms with Gasteiger partial charge in [0.1, 0.15) is 5.82 Å². The van der Waals surface area contributed by atoms with Crippen LogP contribution in [0.2, 0.25) is 0 Å². The molecular weight excluding hydrogens is 247 g/mol. The number of rotatable bonds is 5. The smallest absolute Gasteiger partial charge is 0.172 e. The molecule has 1 aromatic carbocycles. The van der Waals surface area contributed by atoms with E-state index in [1.807, 2.05) is 6.07 Å². The summed E-state index contributed by atoms with van der Waals surface area (Å²) >= 11 is 1.39. The minimum Gasteiger partial charge on any atom is -0.293 e. The van der Waals surface area contributed by atoms with Gasteiger partial charge in [0.15, 0.2) is 5.78 Å². The molecule has 0 saturated heterocycles. The van der Waals surface area contributed by atoms with Crippen LogP contribution in [0, 0.1) is 11.7 Å². The second-order valence-electron chi connectivity index (χ2n) is 5.00. The van der Waals surface area contributed by atoms with Crippen LogP contribution in [0.3, 0.4) is 0 Å². The lowest BCUT2D eigenvalue weighted by atomic mass is 10.0. The van der Waals surface area contributed by atoms with Crippen molar-refractivity contribution in [3.8, 4) is 0 Å². The molecule has 0 unspecified atom stereocenters. The van der Waals surface area contributed by atoms with Gasteiger partial charge in [-0.1, -0.05) is 26.3 Å². The summed E-state index contributed by atoms with van der Waals surface area (Å²) in [6, 6.07) is 6.52. The molecule has 0 spiro atoms. The predicted octanol–water partition coefficient (Wildman–Crippen LogP) is 5.05. The van der Waals surface area contributed by atoms with E-state index in [1.165, 1.54) is 23.5 Å². The third-order valence-electron chi connectivity index (χ3n) is 2.94. The third kappa shape index (κ3) is 3.16. The first-order valence-corrected chi connectivity index (χ1v) is 7.10. The number of carbonyl (C=O) groups excluding carboxylic acids is 1. The average molecular weight is 264 g/mol. The van der Waals surface area contributed by atoms with Crippen molar-refractivity contribution in [2.45, 2.75) is 33.1 Å². The SMILES string of the molecule is CC(C)CCCC(=O)c1cc2ccc(F)cc2s1. The average Bonchev–Trinajstić information content (AvgIpc) is 2.71. The molecule has 1 nitrogen and oxygen atoms in total. The first-order valence-electron chi connectivity index (χ1n) is 6.28. The minimum absolute atomic E-state index is 0.178. The van der Waals surface area contributed by atoms with Gasteiger partial charge >= 0.3 is 0 Å². The Morgan fingerprint density at radius 3 is 2.83 bits per heavy atom. The highest BCUT2D eigenvalue weighted by molar-refractivity contribution is 7.20. The van der Waals surface area contributed by atoms with E-state index in [0.717, 1.165) is 27.8 Å². The maximum Gasteiger partial charge on any atom is 0.172 e. The molecule has 0 radical (unpaired) electrons. The molecule has 0 aliphatic rings. The van der Waals surface area contributed by atoms with Crippen molar-refractivity contribution in [3.05, 3.63) is 35.0 Å². The molecular formula is C15H17FOS. The van der Waals surface area contributed by atoms with Crippen LogP contribution in [-0.4, -0.2) is 5.78 Å². The Bertz CT molecular complexity index is 557. The van der Waals surface area contributed by atoms with Crippen molar-refractivity contribution in [1.82, 2.24) is 0 Å². The first kappa shape index (κ1) is 13.2. The van der Waals surface area contributed by atoms with Crippen LogP contribution < -0.4 is 0 Å². The summed E-state index contributed by atoms with van der Waals surface area (Å²) in [5.41, 5.74) is 0. The number of ketones is 1. The Hall–Kier alpha value is -1.22. The molecule has 0 amide bonds. The van der Waals surface area contributed by atoms with Gasteiger partial charge in [0.05, 0.1) is 4.88 Å². The van der Waals surface area contributed by atoms with Gasteiger partial charge < -0.3 is 0 Å². The van der Waals surface area contributed by atoms with Crippen LogP contribution in [0.15, 0.2) is 24.3 Å². The minimum atomic E-state index is -0.247. The fraction of sp³-hybridized carbons (Fsp3) is 0.400. The van der Waals surface area contributed by atoms with Gasteiger partial charge in [-0.05, 0) is 35.9 Å². The summed E-state index contributed by atoms with van der Waals surface area (Å²) in [5, 5.41) is 0.952. The molecule has 0 aliphatic heterocycles. The predicted molar refractivity (Wildman–Crippen MR) is 74.8 cm³/mol. The number of Topliss-reactive ketones (excluding diaryl/α,β-unsaturated/α-hetero) is 1. The lowest BCUT2D eigenvalue weighted by Gasteiger charge is -2.02. The molecule has 3 heteroatoms. The normalized spacial score (nSPS) is 11.3. The number of hydrogen-bond acceptors (Lipinski definition) is 2. The van der Waals surface area contributed by atoms with Gasteiger partial charge in [0, 0.05) is 11.1 Å². The van der Waals surface area contributed by atoms with Gasteiger partial charge in [-0.25, -0.2) is 4.39 Å².